The third-order valence-corrected chi connectivity index (χ3v) is 5.08. The van der Waals surface area contributed by atoms with Gasteiger partial charge in [-0.05, 0) is 29.2 Å². The van der Waals surface area contributed by atoms with E-state index in [1.54, 1.807) is 11.7 Å². The van der Waals surface area contributed by atoms with Crippen molar-refractivity contribution >= 4 is 17.6 Å². The van der Waals surface area contributed by atoms with Gasteiger partial charge in [0.1, 0.15) is 5.82 Å². The Balaban J connectivity index is 1.45. The first-order chi connectivity index (χ1) is 14.0. The number of rotatable bonds is 4. The topological polar surface area (TPSA) is 88.0 Å². The highest BCUT2D eigenvalue weighted by Gasteiger charge is 2.21. The predicted octanol–water partition coefficient (Wildman–Crippen LogP) is 2.25. The van der Waals surface area contributed by atoms with E-state index < -0.39 is 11.8 Å². The van der Waals surface area contributed by atoms with Crippen LogP contribution in [0.1, 0.15) is 22.4 Å². The Kier molecular flexibility index (Phi) is 5.14. The summed E-state index contributed by atoms with van der Waals surface area (Å²) in [6.45, 7) is 3.88. The first-order valence-corrected chi connectivity index (χ1v) is 9.52. The Labute approximate surface area is 169 Å². The lowest BCUT2D eigenvalue weighted by molar-refractivity contribution is -0.136. The van der Waals surface area contributed by atoms with Gasteiger partial charge in [-0.1, -0.05) is 48.5 Å². The molecule has 1 aliphatic rings. The molecular weight excluding hydrogens is 366 g/mol. The fourth-order valence-electron chi connectivity index (χ4n) is 3.64. The molecule has 0 unspecified atom stereocenters. The van der Waals surface area contributed by atoms with Crippen LogP contribution in [-0.2, 0) is 36.3 Å². The van der Waals surface area contributed by atoms with Crippen molar-refractivity contribution in [2.45, 2.75) is 26.6 Å². The minimum Gasteiger partial charge on any atom is -0.344 e. The zero-order valence-corrected chi connectivity index (χ0v) is 16.5. The van der Waals surface area contributed by atoms with Crippen molar-refractivity contribution in [2.24, 2.45) is 7.05 Å². The predicted molar refractivity (Wildman–Crippen MR) is 111 cm³/mol. The van der Waals surface area contributed by atoms with Crippen molar-refractivity contribution in [2.75, 3.05) is 5.32 Å². The molecule has 0 atom stereocenters. The van der Waals surface area contributed by atoms with Gasteiger partial charge in [0.15, 0.2) is 0 Å². The second kappa shape index (κ2) is 7.89. The van der Waals surface area contributed by atoms with E-state index in [0.29, 0.717) is 12.4 Å². The number of hydrogen-bond acceptors (Lipinski definition) is 4. The summed E-state index contributed by atoms with van der Waals surface area (Å²) in [7, 11) is 1.74. The standard InChI is InChI=1S/C22H23N5O2/c1-14-19(16-6-4-3-5-7-16)20(27(2)26-14)25-22(29)21(28)24-11-15-8-9-17-12-23-13-18(17)10-15/h3-10,23H,11-13H2,1-2H3,(H,24,28)(H,25,29). The Morgan fingerprint density at radius 3 is 2.62 bits per heavy atom. The number of amides is 2. The minimum absolute atomic E-state index is 0.301. The molecule has 29 heavy (non-hydrogen) atoms. The molecule has 2 aromatic carbocycles. The smallest absolute Gasteiger partial charge is 0.314 e. The van der Waals surface area contributed by atoms with Gasteiger partial charge in [0.2, 0.25) is 0 Å². The van der Waals surface area contributed by atoms with E-state index in [1.807, 2.05) is 43.3 Å². The van der Waals surface area contributed by atoms with Crippen LogP contribution in [0, 0.1) is 6.92 Å². The largest absolute Gasteiger partial charge is 0.344 e. The molecule has 0 saturated heterocycles. The molecule has 148 valence electrons. The van der Waals surface area contributed by atoms with Crippen LogP contribution in [0.15, 0.2) is 48.5 Å². The van der Waals surface area contributed by atoms with E-state index in [0.717, 1.165) is 35.5 Å². The number of nitrogens with one attached hydrogen (secondary N) is 3. The number of aromatic nitrogens is 2. The Morgan fingerprint density at radius 1 is 1.07 bits per heavy atom. The summed E-state index contributed by atoms with van der Waals surface area (Å²) in [5.74, 6) is -0.896. The van der Waals surface area contributed by atoms with Crippen molar-refractivity contribution in [1.82, 2.24) is 20.4 Å². The number of aryl methyl sites for hydroxylation is 2. The van der Waals surface area contributed by atoms with Crippen LogP contribution in [-0.4, -0.2) is 21.6 Å². The average molecular weight is 389 g/mol. The molecule has 0 aliphatic carbocycles. The zero-order valence-electron chi connectivity index (χ0n) is 16.5. The van der Waals surface area contributed by atoms with E-state index in [4.69, 9.17) is 0 Å². The number of nitrogens with zero attached hydrogens (tertiary/aromatic N) is 2. The third kappa shape index (κ3) is 3.90. The number of carbonyl (C=O) groups excluding carboxylic acids is 2. The van der Waals surface area contributed by atoms with Gasteiger partial charge >= 0.3 is 11.8 Å². The van der Waals surface area contributed by atoms with Gasteiger partial charge in [-0.25, -0.2) is 0 Å². The molecule has 4 rings (SSSR count). The quantitative estimate of drug-likeness (QED) is 0.597. The minimum atomic E-state index is -0.715. The monoisotopic (exact) mass is 389 g/mol. The summed E-state index contributed by atoms with van der Waals surface area (Å²) in [6.07, 6.45) is 0. The number of benzene rings is 2. The van der Waals surface area contributed by atoms with Gasteiger partial charge in [-0.2, -0.15) is 5.10 Å². The molecule has 3 aromatic rings. The summed E-state index contributed by atoms with van der Waals surface area (Å²) in [6, 6.07) is 15.8. The van der Waals surface area contributed by atoms with Gasteiger partial charge in [-0.3, -0.25) is 14.3 Å². The molecule has 0 saturated carbocycles. The van der Waals surface area contributed by atoms with E-state index >= 15 is 0 Å². The van der Waals surface area contributed by atoms with Crippen molar-refractivity contribution in [3.8, 4) is 11.1 Å². The van der Waals surface area contributed by atoms with Gasteiger partial charge in [0.05, 0.1) is 5.69 Å². The van der Waals surface area contributed by atoms with Crippen molar-refractivity contribution in [3.05, 3.63) is 70.9 Å². The fourth-order valence-corrected chi connectivity index (χ4v) is 3.64. The highest BCUT2D eigenvalue weighted by molar-refractivity contribution is 6.39. The molecule has 3 N–H and O–H groups in total. The molecule has 0 spiro atoms. The van der Waals surface area contributed by atoms with E-state index in [9.17, 15) is 9.59 Å². The first-order valence-electron chi connectivity index (χ1n) is 9.52. The van der Waals surface area contributed by atoms with Crippen LogP contribution in [0.3, 0.4) is 0 Å². The first kappa shape index (κ1) is 18.9. The molecule has 1 aliphatic heterocycles. The highest BCUT2D eigenvalue weighted by Crippen LogP contribution is 2.30. The van der Waals surface area contributed by atoms with Gasteiger partial charge in [0.25, 0.3) is 0 Å². The Bertz CT molecular complexity index is 1070. The number of hydrogen-bond donors (Lipinski definition) is 3. The lowest BCUT2D eigenvalue weighted by atomic mass is 10.1. The lowest BCUT2D eigenvalue weighted by Gasteiger charge is -2.10. The molecular formula is C22H23N5O2. The van der Waals surface area contributed by atoms with Crippen LogP contribution >= 0.6 is 0 Å². The van der Waals surface area contributed by atoms with Crippen molar-refractivity contribution in [3.63, 3.8) is 0 Å². The molecule has 0 bridgehead atoms. The maximum Gasteiger partial charge on any atom is 0.314 e. The highest BCUT2D eigenvalue weighted by atomic mass is 16.2. The number of fused-ring (bicyclic) bond motifs is 1. The van der Waals surface area contributed by atoms with Crippen LogP contribution < -0.4 is 16.0 Å². The van der Waals surface area contributed by atoms with Gasteiger partial charge in [0, 0.05) is 32.2 Å². The maximum atomic E-state index is 12.5. The summed E-state index contributed by atoms with van der Waals surface area (Å²) in [5, 5.41) is 13.1. The lowest BCUT2D eigenvalue weighted by Crippen LogP contribution is -2.35. The van der Waals surface area contributed by atoms with Crippen molar-refractivity contribution in [1.29, 1.82) is 0 Å². The molecule has 0 radical (unpaired) electrons. The summed E-state index contributed by atoms with van der Waals surface area (Å²) < 4.78 is 1.58. The van der Waals surface area contributed by atoms with Crippen LogP contribution in [0.5, 0.6) is 0 Å². The van der Waals surface area contributed by atoms with Crippen molar-refractivity contribution < 1.29 is 9.59 Å². The third-order valence-electron chi connectivity index (χ3n) is 5.08. The summed E-state index contributed by atoms with van der Waals surface area (Å²) in [4.78, 5) is 24.8. The maximum absolute atomic E-state index is 12.5. The average Bonchev–Trinajstić information content (AvgIpc) is 3.30. The second-order valence-corrected chi connectivity index (χ2v) is 7.14. The van der Waals surface area contributed by atoms with Gasteiger partial charge < -0.3 is 16.0 Å². The molecule has 7 nitrogen and oxygen atoms in total. The second-order valence-electron chi connectivity index (χ2n) is 7.14. The Hall–Kier alpha value is -3.45. The van der Waals surface area contributed by atoms with E-state index in [2.05, 4.69) is 33.2 Å². The SMILES string of the molecule is Cc1nn(C)c(NC(=O)C(=O)NCc2ccc3c(c2)CNC3)c1-c1ccccc1. The molecule has 2 amide bonds. The van der Waals surface area contributed by atoms with Crippen LogP contribution in [0.2, 0.25) is 0 Å². The fraction of sp³-hybridized carbons (Fsp3) is 0.227. The zero-order chi connectivity index (χ0) is 20.4. The number of anilines is 1. The van der Waals surface area contributed by atoms with Gasteiger partial charge in [-0.15, -0.1) is 0 Å². The molecule has 7 heteroatoms. The molecule has 1 aromatic heterocycles. The normalized spacial score (nSPS) is 12.5. The van der Waals surface area contributed by atoms with Crippen LogP contribution in [0.4, 0.5) is 5.82 Å². The summed E-state index contributed by atoms with van der Waals surface area (Å²) in [5.41, 5.74) is 5.99. The van der Waals surface area contributed by atoms with Crippen LogP contribution in [0.25, 0.3) is 11.1 Å². The Morgan fingerprint density at radius 2 is 1.83 bits per heavy atom. The summed E-state index contributed by atoms with van der Waals surface area (Å²) >= 11 is 0. The van der Waals surface area contributed by atoms with E-state index in [1.165, 1.54) is 11.1 Å². The number of carbonyl (C=O) groups is 2. The molecule has 2 heterocycles. The van der Waals surface area contributed by atoms with E-state index in [-0.39, 0.29) is 0 Å². The molecule has 0 fully saturated rings.